The first-order valence-electron chi connectivity index (χ1n) is 6.31. The van der Waals surface area contributed by atoms with Crippen LogP contribution in [0, 0.1) is 0 Å². The fourth-order valence-electron chi connectivity index (χ4n) is 2.02. The summed E-state index contributed by atoms with van der Waals surface area (Å²) < 4.78 is 1.37. The molecule has 116 valence electrons. The molecular weight excluding hydrogens is 418 g/mol. The summed E-state index contributed by atoms with van der Waals surface area (Å²) in [6, 6.07) is 8.10. The molecule has 1 aromatic heterocycles. The molecule has 8 heteroatoms. The molecule has 0 bridgehead atoms. The summed E-state index contributed by atoms with van der Waals surface area (Å²) in [5, 5.41) is 11.0. The first kappa shape index (κ1) is 16.4. The van der Waals surface area contributed by atoms with Crippen molar-refractivity contribution in [1.29, 1.82) is 0 Å². The third-order valence-corrected chi connectivity index (χ3v) is 5.86. The Hall–Kier alpha value is -1.48. The van der Waals surface area contributed by atoms with Crippen LogP contribution in [0.25, 0.3) is 6.08 Å². The van der Waals surface area contributed by atoms with Crippen LogP contribution in [0.4, 0.5) is 5.69 Å². The van der Waals surface area contributed by atoms with Crippen LogP contribution in [-0.4, -0.2) is 21.3 Å². The van der Waals surface area contributed by atoms with Gasteiger partial charge in [0.25, 0.3) is 5.91 Å². The predicted octanol–water partition coefficient (Wildman–Crippen LogP) is 4.61. The van der Waals surface area contributed by atoms with E-state index in [-0.39, 0.29) is 11.5 Å². The lowest BCUT2D eigenvalue weighted by Crippen LogP contribution is -2.27. The lowest BCUT2D eigenvalue weighted by Gasteiger charge is -2.14. The Bertz CT molecular complexity index is 859. The van der Waals surface area contributed by atoms with E-state index in [2.05, 4.69) is 15.9 Å². The number of thiocarbonyl (C=S) groups is 1. The number of aromatic carboxylic acids is 1. The van der Waals surface area contributed by atoms with Crippen molar-refractivity contribution in [1.82, 2.24) is 0 Å². The number of rotatable bonds is 3. The zero-order valence-electron chi connectivity index (χ0n) is 11.4. The van der Waals surface area contributed by atoms with Crippen LogP contribution in [0.5, 0.6) is 0 Å². The summed E-state index contributed by atoms with van der Waals surface area (Å²) >= 11 is 11.4. The van der Waals surface area contributed by atoms with Crippen LogP contribution < -0.4 is 4.90 Å². The van der Waals surface area contributed by atoms with E-state index in [1.54, 1.807) is 18.2 Å². The summed E-state index contributed by atoms with van der Waals surface area (Å²) in [7, 11) is 0. The second-order valence-electron chi connectivity index (χ2n) is 4.56. The Kier molecular flexibility index (Phi) is 4.67. The molecule has 1 amide bonds. The van der Waals surface area contributed by atoms with Gasteiger partial charge in [-0.25, -0.2) is 4.79 Å². The van der Waals surface area contributed by atoms with Crippen molar-refractivity contribution in [3.8, 4) is 0 Å². The zero-order chi connectivity index (χ0) is 16.6. The van der Waals surface area contributed by atoms with Crippen LogP contribution >= 0.6 is 51.2 Å². The average molecular weight is 426 g/mol. The van der Waals surface area contributed by atoms with E-state index in [0.717, 1.165) is 9.35 Å². The molecule has 1 fully saturated rings. The topological polar surface area (TPSA) is 57.6 Å². The van der Waals surface area contributed by atoms with Crippen molar-refractivity contribution < 1.29 is 14.7 Å². The monoisotopic (exact) mass is 425 g/mol. The maximum atomic E-state index is 12.6. The van der Waals surface area contributed by atoms with E-state index >= 15 is 0 Å². The molecule has 4 nitrogen and oxygen atoms in total. The highest BCUT2D eigenvalue weighted by Gasteiger charge is 2.33. The molecule has 1 aliphatic heterocycles. The number of anilines is 1. The fourth-order valence-corrected chi connectivity index (χ4v) is 4.45. The number of thiophene rings is 1. The number of hydrogen-bond acceptors (Lipinski definition) is 5. The Morgan fingerprint density at radius 1 is 1.35 bits per heavy atom. The fraction of sp³-hybridized carbons (Fsp3) is 0. The first-order chi connectivity index (χ1) is 11.0. The maximum absolute atomic E-state index is 12.6. The highest BCUT2D eigenvalue weighted by Crippen LogP contribution is 2.37. The minimum absolute atomic E-state index is 0.113. The van der Waals surface area contributed by atoms with Gasteiger partial charge in [0.1, 0.15) is 0 Å². The zero-order valence-corrected chi connectivity index (χ0v) is 15.4. The third-order valence-electron chi connectivity index (χ3n) is 3.03. The summed E-state index contributed by atoms with van der Waals surface area (Å²) in [6.45, 7) is 0. The van der Waals surface area contributed by atoms with Crippen LogP contribution in [0.3, 0.4) is 0 Å². The van der Waals surface area contributed by atoms with Crippen LogP contribution in [0.1, 0.15) is 15.9 Å². The molecular formula is C15H8BrNO3S3. The molecule has 23 heavy (non-hydrogen) atoms. The number of carboxylic acid groups (broad SMARTS) is 1. The van der Waals surface area contributed by atoms with Gasteiger partial charge in [-0.3, -0.25) is 9.69 Å². The number of amides is 1. The highest BCUT2D eigenvalue weighted by atomic mass is 79.9. The molecule has 2 aromatic rings. The minimum Gasteiger partial charge on any atom is -0.478 e. The molecule has 1 saturated heterocycles. The van der Waals surface area contributed by atoms with E-state index in [4.69, 9.17) is 17.3 Å². The lowest BCUT2D eigenvalue weighted by molar-refractivity contribution is -0.113. The van der Waals surface area contributed by atoms with Gasteiger partial charge in [0.2, 0.25) is 0 Å². The number of nitrogens with zero attached hydrogens (tertiary/aromatic N) is 1. The Labute approximate surface area is 153 Å². The number of benzene rings is 1. The summed E-state index contributed by atoms with van der Waals surface area (Å²) in [4.78, 5) is 25.6. The molecule has 1 aliphatic rings. The minimum atomic E-state index is -1.05. The van der Waals surface area contributed by atoms with Crippen LogP contribution in [-0.2, 0) is 4.79 Å². The van der Waals surface area contributed by atoms with Gasteiger partial charge in [-0.1, -0.05) is 30.0 Å². The normalized spacial score (nSPS) is 16.4. The Morgan fingerprint density at radius 2 is 2.13 bits per heavy atom. The maximum Gasteiger partial charge on any atom is 0.335 e. The lowest BCUT2D eigenvalue weighted by atomic mass is 10.2. The molecule has 0 saturated carbocycles. The van der Waals surface area contributed by atoms with Gasteiger partial charge in [0.15, 0.2) is 4.32 Å². The number of carboxylic acids is 1. The summed E-state index contributed by atoms with van der Waals surface area (Å²) in [6.07, 6.45) is 1.78. The largest absolute Gasteiger partial charge is 0.478 e. The van der Waals surface area contributed by atoms with Gasteiger partial charge in [-0.05, 0) is 57.2 Å². The van der Waals surface area contributed by atoms with Gasteiger partial charge in [0, 0.05) is 0 Å². The van der Waals surface area contributed by atoms with Gasteiger partial charge in [-0.15, -0.1) is 11.3 Å². The number of thioether (sulfide) groups is 1. The van der Waals surface area contributed by atoms with Crippen molar-refractivity contribution >= 4 is 79.2 Å². The second kappa shape index (κ2) is 6.56. The van der Waals surface area contributed by atoms with Crippen LogP contribution in [0.15, 0.2) is 44.4 Å². The number of halogens is 1. The molecule has 0 unspecified atom stereocenters. The number of carbonyl (C=O) groups excluding carboxylic acids is 1. The highest BCUT2D eigenvalue weighted by molar-refractivity contribution is 9.11. The van der Waals surface area contributed by atoms with E-state index in [1.165, 1.54) is 40.1 Å². The Balaban J connectivity index is 1.94. The standard InChI is InChI=1S/C15H8BrNO3S3/c16-12-5-8(7-22-12)4-11-13(18)17(15(21)23-11)10-3-1-2-9(6-10)14(19)20/h1-7H,(H,19,20). The van der Waals surface area contributed by atoms with Gasteiger partial charge in [-0.2, -0.15) is 0 Å². The van der Waals surface area contributed by atoms with Crippen molar-refractivity contribution in [2.45, 2.75) is 0 Å². The van der Waals surface area contributed by atoms with E-state index in [9.17, 15) is 9.59 Å². The molecule has 0 radical (unpaired) electrons. The number of hydrogen-bond donors (Lipinski definition) is 1. The van der Waals surface area contributed by atoms with Crippen LogP contribution in [0.2, 0.25) is 0 Å². The molecule has 0 aliphatic carbocycles. The average Bonchev–Trinajstić information content (AvgIpc) is 3.03. The van der Waals surface area contributed by atoms with Crippen molar-refractivity contribution in [3.05, 3.63) is 55.5 Å². The van der Waals surface area contributed by atoms with E-state index in [0.29, 0.717) is 14.9 Å². The molecule has 3 rings (SSSR count). The quantitative estimate of drug-likeness (QED) is 0.574. The molecule has 1 aromatic carbocycles. The molecule has 1 N–H and O–H groups in total. The molecule has 0 atom stereocenters. The summed E-state index contributed by atoms with van der Waals surface area (Å²) in [5.41, 5.74) is 1.49. The van der Waals surface area contributed by atoms with Crippen molar-refractivity contribution in [2.75, 3.05) is 4.90 Å². The SMILES string of the molecule is O=C(O)c1cccc(N2C(=O)C(=Cc3csc(Br)c3)SC2=S)c1. The van der Waals surface area contributed by atoms with E-state index < -0.39 is 5.97 Å². The predicted molar refractivity (Wildman–Crippen MR) is 101 cm³/mol. The van der Waals surface area contributed by atoms with Crippen molar-refractivity contribution in [3.63, 3.8) is 0 Å². The first-order valence-corrected chi connectivity index (χ1v) is 9.21. The van der Waals surface area contributed by atoms with Gasteiger partial charge in [0.05, 0.1) is 19.9 Å². The van der Waals surface area contributed by atoms with E-state index in [1.807, 2.05) is 11.4 Å². The molecule has 2 heterocycles. The Morgan fingerprint density at radius 3 is 2.78 bits per heavy atom. The smallest absolute Gasteiger partial charge is 0.335 e. The third kappa shape index (κ3) is 3.40. The van der Waals surface area contributed by atoms with Gasteiger partial charge < -0.3 is 5.11 Å². The second-order valence-corrected chi connectivity index (χ2v) is 8.52. The summed E-state index contributed by atoms with van der Waals surface area (Å²) in [5.74, 6) is -1.29. The van der Waals surface area contributed by atoms with Crippen molar-refractivity contribution in [2.24, 2.45) is 0 Å². The number of carbonyl (C=O) groups is 2. The van der Waals surface area contributed by atoms with Gasteiger partial charge >= 0.3 is 5.97 Å². The molecule has 0 spiro atoms.